The highest BCUT2D eigenvalue weighted by Gasteiger charge is 2.13. The van der Waals surface area contributed by atoms with Gasteiger partial charge in [-0.05, 0) is 31.2 Å². The number of aromatic nitrogens is 1. The van der Waals surface area contributed by atoms with Gasteiger partial charge in [0, 0.05) is 43.0 Å². The lowest BCUT2D eigenvalue weighted by molar-refractivity contribution is 0.414. The van der Waals surface area contributed by atoms with Crippen LogP contribution in [-0.4, -0.2) is 42.3 Å². The second-order valence-corrected chi connectivity index (χ2v) is 6.45. The van der Waals surface area contributed by atoms with Gasteiger partial charge in [0.25, 0.3) is 0 Å². The normalized spacial score (nSPS) is 11.0. The number of methoxy groups -OCH3 is 2. The monoisotopic (exact) mass is 342 g/mol. The molecule has 0 radical (unpaired) electrons. The minimum Gasteiger partial charge on any atom is -0.497 e. The van der Waals surface area contributed by atoms with Gasteiger partial charge in [0.1, 0.15) is 11.5 Å². The molecular formula is C19H22N2O2S. The molecule has 4 nitrogen and oxygen atoms in total. The van der Waals surface area contributed by atoms with Crippen LogP contribution < -0.4 is 9.47 Å². The molecule has 126 valence electrons. The summed E-state index contributed by atoms with van der Waals surface area (Å²) < 4.78 is 13.1. The molecule has 0 unspecified atom stereocenters. The van der Waals surface area contributed by atoms with Crippen LogP contribution in [0.1, 0.15) is 6.92 Å². The lowest BCUT2D eigenvalue weighted by atomic mass is 10.1. The summed E-state index contributed by atoms with van der Waals surface area (Å²) in [7, 11) is 5.42. The highest BCUT2D eigenvalue weighted by Crippen LogP contribution is 2.33. The van der Waals surface area contributed by atoms with E-state index >= 15 is 0 Å². The third-order valence-electron chi connectivity index (χ3n) is 4.48. The van der Waals surface area contributed by atoms with Gasteiger partial charge in [-0.2, -0.15) is 0 Å². The van der Waals surface area contributed by atoms with Crippen molar-refractivity contribution < 1.29 is 9.47 Å². The third-order valence-corrected chi connectivity index (χ3v) is 4.79. The SMILES string of the molecule is COc1ccc2c3ccc(OC)cc3n(CCN(C)C(C)=S)c2c1. The summed E-state index contributed by atoms with van der Waals surface area (Å²) in [5, 5.41) is 2.44. The number of likely N-dealkylation sites (N-methyl/N-ethyl adjacent to an activating group) is 1. The summed E-state index contributed by atoms with van der Waals surface area (Å²) in [6, 6.07) is 12.4. The zero-order valence-electron chi connectivity index (χ0n) is 14.5. The van der Waals surface area contributed by atoms with Gasteiger partial charge in [-0.25, -0.2) is 0 Å². The van der Waals surface area contributed by atoms with E-state index in [-0.39, 0.29) is 0 Å². The molecule has 0 spiro atoms. The lowest BCUT2D eigenvalue weighted by Gasteiger charge is -2.18. The van der Waals surface area contributed by atoms with E-state index in [1.54, 1.807) is 14.2 Å². The first kappa shape index (κ1) is 16.6. The molecule has 5 heteroatoms. The highest BCUT2D eigenvalue weighted by atomic mass is 32.1. The number of hydrogen-bond donors (Lipinski definition) is 0. The predicted molar refractivity (Wildman–Crippen MR) is 103 cm³/mol. The standard InChI is InChI=1S/C19H22N2O2S/c1-13(24)20(2)9-10-21-18-11-14(22-3)5-7-16(18)17-8-6-15(23-4)12-19(17)21/h5-8,11-12H,9-10H2,1-4H3. The maximum absolute atomic E-state index is 5.41. The molecule has 2 aromatic carbocycles. The molecule has 1 heterocycles. The van der Waals surface area contributed by atoms with Gasteiger partial charge in [0.2, 0.25) is 0 Å². The van der Waals surface area contributed by atoms with Crippen LogP contribution in [0.4, 0.5) is 0 Å². The van der Waals surface area contributed by atoms with E-state index < -0.39 is 0 Å². The third kappa shape index (κ3) is 2.91. The summed E-state index contributed by atoms with van der Waals surface area (Å²) >= 11 is 5.26. The second-order valence-electron chi connectivity index (χ2n) is 5.86. The summed E-state index contributed by atoms with van der Waals surface area (Å²) in [6.07, 6.45) is 0. The smallest absolute Gasteiger partial charge is 0.120 e. The van der Waals surface area contributed by atoms with Gasteiger partial charge >= 0.3 is 0 Å². The highest BCUT2D eigenvalue weighted by molar-refractivity contribution is 7.80. The molecule has 0 saturated heterocycles. The van der Waals surface area contributed by atoms with E-state index in [0.29, 0.717) is 0 Å². The van der Waals surface area contributed by atoms with Crippen molar-refractivity contribution in [3.05, 3.63) is 36.4 Å². The fraction of sp³-hybridized carbons (Fsp3) is 0.316. The molecule has 0 aliphatic heterocycles. The number of rotatable bonds is 5. The van der Waals surface area contributed by atoms with E-state index in [0.717, 1.165) is 40.6 Å². The zero-order valence-corrected chi connectivity index (χ0v) is 15.3. The fourth-order valence-corrected chi connectivity index (χ4v) is 3.05. The van der Waals surface area contributed by atoms with E-state index in [9.17, 15) is 0 Å². The molecule has 0 atom stereocenters. The zero-order chi connectivity index (χ0) is 17.3. The van der Waals surface area contributed by atoms with Crippen LogP contribution >= 0.6 is 12.2 Å². The van der Waals surface area contributed by atoms with Gasteiger partial charge in [-0.15, -0.1) is 0 Å². The second kappa shape index (κ2) is 6.69. The molecule has 0 amide bonds. The Kier molecular flexibility index (Phi) is 4.62. The number of nitrogens with zero attached hydrogens (tertiary/aromatic N) is 2. The Labute approximate surface area is 147 Å². The van der Waals surface area contributed by atoms with Gasteiger partial charge in [-0.3, -0.25) is 0 Å². The number of ether oxygens (including phenoxy) is 2. The Morgan fingerprint density at radius 1 is 1.00 bits per heavy atom. The quantitative estimate of drug-likeness (QED) is 0.653. The number of hydrogen-bond acceptors (Lipinski definition) is 3. The summed E-state index contributed by atoms with van der Waals surface area (Å²) in [6.45, 7) is 3.64. The Bertz CT molecular complexity index is 840. The number of thiocarbonyl (C=S) groups is 1. The first-order valence-electron chi connectivity index (χ1n) is 7.91. The van der Waals surface area contributed by atoms with Crippen molar-refractivity contribution in [2.75, 3.05) is 27.8 Å². The van der Waals surface area contributed by atoms with E-state index in [4.69, 9.17) is 21.7 Å². The van der Waals surface area contributed by atoms with Crippen molar-refractivity contribution in [1.29, 1.82) is 0 Å². The largest absolute Gasteiger partial charge is 0.497 e. The van der Waals surface area contributed by atoms with Crippen molar-refractivity contribution >= 4 is 39.0 Å². The van der Waals surface area contributed by atoms with Crippen LogP contribution in [-0.2, 0) is 6.54 Å². The Morgan fingerprint density at radius 2 is 1.50 bits per heavy atom. The van der Waals surface area contributed by atoms with Gasteiger partial charge in [0.05, 0.1) is 30.2 Å². The van der Waals surface area contributed by atoms with Crippen molar-refractivity contribution in [2.24, 2.45) is 0 Å². The van der Waals surface area contributed by atoms with Crippen LogP contribution in [0.2, 0.25) is 0 Å². The maximum Gasteiger partial charge on any atom is 0.120 e. The van der Waals surface area contributed by atoms with Crippen molar-refractivity contribution in [1.82, 2.24) is 9.47 Å². The molecule has 3 rings (SSSR count). The molecule has 24 heavy (non-hydrogen) atoms. The van der Waals surface area contributed by atoms with Crippen LogP contribution in [0.3, 0.4) is 0 Å². The molecule has 1 aromatic heterocycles. The van der Waals surface area contributed by atoms with Crippen LogP contribution in [0.25, 0.3) is 21.8 Å². The predicted octanol–water partition coefficient (Wildman–Crippen LogP) is 4.09. The molecule has 0 aliphatic carbocycles. The van der Waals surface area contributed by atoms with Crippen molar-refractivity contribution in [2.45, 2.75) is 13.5 Å². The maximum atomic E-state index is 5.41. The Hall–Kier alpha value is -2.27. The van der Waals surface area contributed by atoms with Crippen LogP contribution in [0.5, 0.6) is 11.5 Å². The number of fused-ring (bicyclic) bond motifs is 3. The average Bonchev–Trinajstić information content (AvgIpc) is 2.91. The minimum atomic E-state index is 0.838. The van der Waals surface area contributed by atoms with Crippen LogP contribution in [0, 0.1) is 0 Å². The molecular weight excluding hydrogens is 320 g/mol. The molecule has 0 fully saturated rings. The molecule has 0 aliphatic rings. The Balaban J connectivity index is 2.17. The molecule has 0 N–H and O–H groups in total. The van der Waals surface area contributed by atoms with Crippen molar-refractivity contribution in [3.8, 4) is 11.5 Å². The van der Waals surface area contributed by atoms with Gasteiger partial charge in [-0.1, -0.05) is 12.2 Å². The molecule has 3 aromatic rings. The van der Waals surface area contributed by atoms with Crippen molar-refractivity contribution in [3.63, 3.8) is 0 Å². The van der Waals surface area contributed by atoms with Gasteiger partial charge < -0.3 is 18.9 Å². The Morgan fingerprint density at radius 3 is 1.92 bits per heavy atom. The number of benzene rings is 2. The lowest BCUT2D eigenvalue weighted by Crippen LogP contribution is -2.26. The summed E-state index contributed by atoms with van der Waals surface area (Å²) in [5.74, 6) is 1.72. The average molecular weight is 342 g/mol. The fourth-order valence-electron chi connectivity index (χ4n) is 2.96. The van der Waals surface area contributed by atoms with E-state index in [1.807, 2.05) is 26.1 Å². The molecule has 0 saturated carbocycles. The minimum absolute atomic E-state index is 0.838. The van der Waals surface area contributed by atoms with Crippen LogP contribution in [0.15, 0.2) is 36.4 Å². The summed E-state index contributed by atoms with van der Waals surface area (Å²) in [5.41, 5.74) is 2.32. The first-order chi connectivity index (χ1) is 11.5. The first-order valence-corrected chi connectivity index (χ1v) is 8.31. The van der Waals surface area contributed by atoms with E-state index in [1.165, 1.54) is 10.8 Å². The topological polar surface area (TPSA) is 26.6 Å². The van der Waals surface area contributed by atoms with E-state index in [2.05, 4.69) is 33.7 Å². The van der Waals surface area contributed by atoms with Gasteiger partial charge in [0.15, 0.2) is 0 Å². The molecule has 0 bridgehead atoms. The summed E-state index contributed by atoms with van der Waals surface area (Å²) in [4.78, 5) is 2.98.